The van der Waals surface area contributed by atoms with Crippen LogP contribution >= 0.6 is 12.2 Å². The minimum absolute atomic E-state index is 0.0755. The Kier molecular flexibility index (Phi) is 7.40. The van der Waals surface area contributed by atoms with Gasteiger partial charge in [-0.25, -0.2) is 0 Å². The van der Waals surface area contributed by atoms with Gasteiger partial charge in [-0.1, -0.05) is 24.4 Å². The molecule has 1 unspecified atom stereocenters. The molecule has 0 bridgehead atoms. The summed E-state index contributed by atoms with van der Waals surface area (Å²) in [5.74, 6) is 0.742. The van der Waals surface area contributed by atoms with E-state index in [1.54, 1.807) is 0 Å². The van der Waals surface area contributed by atoms with Gasteiger partial charge in [0, 0.05) is 12.2 Å². The van der Waals surface area contributed by atoms with Crippen LogP contribution < -0.4 is 10.5 Å². The highest BCUT2D eigenvalue weighted by molar-refractivity contribution is 7.80. The third-order valence-corrected chi connectivity index (χ3v) is 2.67. The van der Waals surface area contributed by atoms with E-state index in [0.717, 1.165) is 11.3 Å². The standard InChI is InChI=1S/C14H21NO3S/c1-3-16-10-11(2)17-7-8-18-13-6-4-5-12(9-13)14(15)19/h4-6,9,11H,3,7-8,10H2,1-2H3,(H2,15,19). The molecule has 1 aromatic rings. The Morgan fingerprint density at radius 3 is 2.84 bits per heavy atom. The van der Waals surface area contributed by atoms with Gasteiger partial charge in [0.2, 0.25) is 0 Å². The normalized spacial score (nSPS) is 12.1. The second kappa shape index (κ2) is 8.85. The average molecular weight is 283 g/mol. The maximum atomic E-state index is 5.57. The van der Waals surface area contributed by atoms with Crippen LogP contribution in [-0.4, -0.2) is 37.5 Å². The molecule has 0 radical (unpaired) electrons. The first kappa shape index (κ1) is 15.9. The number of hydrogen-bond acceptors (Lipinski definition) is 4. The highest BCUT2D eigenvalue weighted by atomic mass is 32.1. The molecule has 0 aliphatic carbocycles. The lowest BCUT2D eigenvalue weighted by molar-refractivity contribution is -0.0128. The molecule has 0 aromatic heterocycles. The summed E-state index contributed by atoms with van der Waals surface area (Å²) in [6.07, 6.45) is 0.0755. The highest BCUT2D eigenvalue weighted by Crippen LogP contribution is 2.13. The minimum atomic E-state index is 0.0755. The Labute approximate surface area is 119 Å². The summed E-state index contributed by atoms with van der Waals surface area (Å²) in [5, 5.41) is 0. The number of thiocarbonyl (C=S) groups is 1. The SMILES string of the molecule is CCOCC(C)OCCOc1cccc(C(N)=S)c1. The molecule has 4 nitrogen and oxygen atoms in total. The van der Waals surface area contributed by atoms with Crippen LogP contribution in [-0.2, 0) is 9.47 Å². The summed E-state index contributed by atoms with van der Waals surface area (Å²) < 4.78 is 16.4. The van der Waals surface area contributed by atoms with Crippen molar-refractivity contribution in [3.05, 3.63) is 29.8 Å². The molecule has 0 heterocycles. The fraction of sp³-hybridized carbons (Fsp3) is 0.500. The van der Waals surface area contributed by atoms with Crippen LogP contribution in [0.15, 0.2) is 24.3 Å². The smallest absolute Gasteiger partial charge is 0.120 e. The van der Waals surface area contributed by atoms with Gasteiger partial charge in [0.25, 0.3) is 0 Å². The fourth-order valence-electron chi connectivity index (χ4n) is 1.48. The van der Waals surface area contributed by atoms with E-state index < -0.39 is 0 Å². The van der Waals surface area contributed by atoms with Crippen LogP contribution in [0, 0.1) is 0 Å². The van der Waals surface area contributed by atoms with E-state index >= 15 is 0 Å². The number of hydrogen-bond donors (Lipinski definition) is 1. The predicted octanol–water partition coefficient (Wildman–Crippen LogP) is 2.14. The second-order valence-corrected chi connectivity index (χ2v) is 4.52. The van der Waals surface area contributed by atoms with Crippen molar-refractivity contribution in [2.24, 2.45) is 5.73 Å². The van der Waals surface area contributed by atoms with Crippen molar-refractivity contribution in [3.8, 4) is 5.75 Å². The van der Waals surface area contributed by atoms with E-state index in [4.69, 9.17) is 32.2 Å². The predicted molar refractivity (Wildman–Crippen MR) is 79.7 cm³/mol. The van der Waals surface area contributed by atoms with Crippen molar-refractivity contribution in [2.75, 3.05) is 26.4 Å². The first-order valence-corrected chi connectivity index (χ1v) is 6.76. The number of rotatable bonds is 9. The highest BCUT2D eigenvalue weighted by Gasteiger charge is 2.02. The second-order valence-electron chi connectivity index (χ2n) is 4.08. The maximum Gasteiger partial charge on any atom is 0.120 e. The molecule has 0 spiro atoms. The lowest BCUT2D eigenvalue weighted by Gasteiger charge is -2.13. The summed E-state index contributed by atoms with van der Waals surface area (Å²) in [6.45, 7) is 6.25. The zero-order valence-electron chi connectivity index (χ0n) is 11.4. The van der Waals surface area contributed by atoms with Gasteiger partial charge in [-0.2, -0.15) is 0 Å². The monoisotopic (exact) mass is 283 g/mol. The average Bonchev–Trinajstić information content (AvgIpc) is 2.41. The summed E-state index contributed by atoms with van der Waals surface area (Å²) in [5.41, 5.74) is 6.36. The topological polar surface area (TPSA) is 53.7 Å². The van der Waals surface area contributed by atoms with Crippen LogP contribution in [0.4, 0.5) is 0 Å². The first-order valence-electron chi connectivity index (χ1n) is 6.35. The molecular weight excluding hydrogens is 262 g/mol. The zero-order valence-corrected chi connectivity index (χ0v) is 12.2. The van der Waals surface area contributed by atoms with Crippen LogP contribution in [0.2, 0.25) is 0 Å². The molecule has 0 saturated carbocycles. The van der Waals surface area contributed by atoms with Crippen LogP contribution in [0.1, 0.15) is 19.4 Å². The van der Waals surface area contributed by atoms with E-state index in [2.05, 4.69) is 0 Å². The van der Waals surface area contributed by atoms with Crippen LogP contribution in [0.25, 0.3) is 0 Å². The summed E-state index contributed by atoms with van der Waals surface area (Å²) >= 11 is 4.92. The van der Waals surface area contributed by atoms with Gasteiger partial charge < -0.3 is 19.9 Å². The number of nitrogens with two attached hydrogens (primary N) is 1. The van der Waals surface area contributed by atoms with Crippen molar-refractivity contribution in [2.45, 2.75) is 20.0 Å². The Bertz CT molecular complexity index is 398. The van der Waals surface area contributed by atoms with Gasteiger partial charge in [0.1, 0.15) is 17.3 Å². The molecule has 0 aliphatic heterocycles. The first-order chi connectivity index (χ1) is 9.13. The van der Waals surface area contributed by atoms with E-state index in [-0.39, 0.29) is 6.10 Å². The van der Waals surface area contributed by atoms with Gasteiger partial charge in [0.15, 0.2) is 0 Å². The third-order valence-electron chi connectivity index (χ3n) is 2.43. The molecule has 0 amide bonds. The molecule has 1 atom stereocenters. The maximum absolute atomic E-state index is 5.57. The molecule has 2 N–H and O–H groups in total. The zero-order chi connectivity index (χ0) is 14.1. The molecule has 1 rings (SSSR count). The van der Waals surface area contributed by atoms with E-state index in [9.17, 15) is 0 Å². The molecule has 5 heteroatoms. The molecule has 19 heavy (non-hydrogen) atoms. The van der Waals surface area contributed by atoms with Gasteiger partial charge >= 0.3 is 0 Å². The minimum Gasteiger partial charge on any atom is -0.491 e. The Morgan fingerprint density at radius 1 is 1.37 bits per heavy atom. The van der Waals surface area contributed by atoms with Crippen molar-refractivity contribution >= 4 is 17.2 Å². The summed E-state index contributed by atoms with van der Waals surface area (Å²) in [4.78, 5) is 0.368. The lowest BCUT2D eigenvalue weighted by atomic mass is 10.2. The number of ether oxygens (including phenoxy) is 3. The van der Waals surface area contributed by atoms with Gasteiger partial charge in [-0.15, -0.1) is 0 Å². The van der Waals surface area contributed by atoms with Crippen molar-refractivity contribution < 1.29 is 14.2 Å². The molecule has 0 saturated heterocycles. The molecule has 0 fully saturated rings. The van der Waals surface area contributed by atoms with Gasteiger partial charge in [-0.05, 0) is 26.0 Å². The van der Waals surface area contributed by atoms with Crippen molar-refractivity contribution in [3.63, 3.8) is 0 Å². The summed E-state index contributed by atoms with van der Waals surface area (Å²) in [6, 6.07) is 7.41. The van der Waals surface area contributed by atoms with Gasteiger partial charge in [0.05, 0.1) is 19.3 Å². The molecule has 0 aliphatic rings. The fourth-order valence-corrected chi connectivity index (χ4v) is 1.61. The van der Waals surface area contributed by atoms with Crippen LogP contribution in [0.3, 0.4) is 0 Å². The van der Waals surface area contributed by atoms with E-state index in [1.807, 2.05) is 38.1 Å². The quantitative estimate of drug-likeness (QED) is 0.556. The third kappa shape index (κ3) is 6.52. The Hall–Kier alpha value is -1.17. The van der Waals surface area contributed by atoms with Crippen molar-refractivity contribution in [1.29, 1.82) is 0 Å². The number of benzene rings is 1. The lowest BCUT2D eigenvalue weighted by Crippen LogP contribution is -2.19. The van der Waals surface area contributed by atoms with Gasteiger partial charge in [-0.3, -0.25) is 0 Å². The van der Waals surface area contributed by atoms with E-state index in [0.29, 0.717) is 31.4 Å². The molecule has 1 aromatic carbocycles. The van der Waals surface area contributed by atoms with Crippen LogP contribution in [0.5, 0.6) is 5.75 Å². The van der Waals surface area contributed by atoms with Crippen molar-refractivity contribution in [1.82, 2.24) is 0 Å². The summed E-state index contributed by atoms with van der Waals surface area (Å²) in [7, 11) is 0. The Balaban J connectivity index is 2.25. The molecular formula is C14H21NO3S. The Morgan fingerprint density at radius 2 is 2.16 bits per heavy atom. The molecule has 106 valence electrons. The largest absolute Gasteiger partial charge is 0.491 e. The van der Waals surface area contributed by atoms with E-state index in [1.165, 1.54) is 0 Å².